The average Bonchev–Trinajstić information content (AvgIpc) is 3.12. The van der Waals surface area contributed by atoms with E-state index in [2.05, 4.69) is 36.2 Å². The van der Waals surface area contributed by atoms with Gasteiger partial charge in [0.1, 0.15) is 11.5 Å². The van der Waals surface area contributed by atoms with Gasteiger partial charge in [0.05, 0.1) is 5.69 Å². The van der Waals surface area contributed by atoms with Crippen LogP contribution < -0.4 is 0 Å². The number of fused-ring (bicyclic) bond motifs is 1. The summed E-state index contributed by atoms with van der Waals surface area (Å²) < 4.78 is 2.54. The first-order valence-electron chi connectivity index (χ1n) is 8.15. The fraction of sp³-hybridized carbons (Fsp3) is 0.105. The molecule has 0 spiro atoms. The highest BCUT2D eigenvalue weighted by molar-refractivity contribution is 9.10. The summed E-state index contributed by atoms with van der Waals surface area (Å²) in [6.45, 7) is 1.95. The van der Waals surface area contributed by atoms with Crippen LogP contribution in [0.1, 0.15) is 28.8 Å². The van der Waals surface area contributed by atoms with Gasteiger partial charge in [-0.1, -0.05) is 46.3 Å². The molecule has 0 atom stereocenters. The smallest absolute Gasteiger partial charge is 0.213 e. The SMILES string of the molecule is CCc1nc(C(=O)c2ccc(Br)cc2)c2nnn(-c3ccccc3)c2n1. The Bertz CT molecular complexity index is 1090. The third-order valence-corrected chi connectivity index (χ3v) is 4.51. The number of halogens is 1. The van der Waals surface area contributed by atoms with Crippen LogP contribution in [0.2, 0.25) is 0 Å². The zero-order valence-corrected chi connectivity index (χ0v) is 15.5. The first-order chi connectivity index (χ1) is 12.7. The van der Waals surface area contributed by atoms with Gasteiger partial charge in [-0.15, -0.1) is 5.10 Å². The minimum atomic E-state index is -0.195. The molecule has 4 aromatic rings. The Morgan fingerprint density at radius 3 is 2.46 bits per heavy atom. The van der Waals surface area contributed by atoms with Crippen molar-refractivity contribution in [3.63, 3.8) is 0 Å². The third kappa shape index (κ3) is 2.90. The summed E-state index contributed by atoms with van der Waals surface area (Å²) in [7, 11) is 0. The molecule has 6 nitrogen and oxygen atoms in total. The lowest BCUT2D eigenvalue weighted by atomic mass is 10.1. The minimum absolute atomic E-state index is 0.195. The summed E-state index contributed by atoms with van der Waals surface area (Å²) in [6, 6.07) is 16.8. The Balaban J connectivity index is 1.91. The Kier molecular flexibility index (Phi) is 4.30. The molecule has 0 amide bonds. The summed E-state index contributed by atoms with van der Waals surface area (Å²) in [5, 5.41) is 8.39. The molecule has 2 aromatic heterocycles. The molecular weight excluding hydrogens is 394 g/mol. The van der Waals surface area contributed by atoms with E-state index in [1.54, 1.807) is 16.8 Å². The van der Waals surface area contributed by atoms with Crippen molar-refractivity contribution in [1.82, 2.24) is 25.0 Å². The average molecular weight is 408 g/mol. The molecule has 2 heterocycles. The zero-order valence-electron chi connectivity index (χ0n) is 13.9. The number of aromatic nitrogens is 5. The summed E-state index contributed by atoms with van der Waals surface area (Å²) in [5.41, 5.74) is 2.58. The highest BCUT2D eigenvalue weighted by Gasteiger charge is 2.21. The van der Waals surface area contributed by atoms with Crippen molar-refractivity contribution in [3.05, 3.63) is 76.2 Å². The lowest BCUT2D eigenvalue weighted by Crippen LogP contribution is -2.09. The number of carbonyl (C=O) groups is 1. The van der Waals surface area contributed by atoms with Crippen LogP contribution >= 0.6 is 15.9 Å². The predicted octanol–water partition coefficient (Wildman–Crippen LogP) is 3.77. The van der Waals surface area contributed by atoms with Crippen LogP contribution in [0.15, 0.2) is 59.1 Å². The van der Waals surface area contributed by atoms with Gasteiger partial charge in [-0.05, 0) is 36.4 Å². The van der Waals surface area contributed by atoms with Crippen LogP contribution in [-0.4, -0.2) is 30.7 Å². The van der Waals surface area contributed by atoms with Gasteiger partial charge in [0.2, 0.25) is 5.78 Å². The van der Waals surface area contributed by atoms with Crippen LogP contribution in [0.4, 0.5) is 0 Å². The molecule has 0 N–H and O–H groups in total. The van der Waals surface area contributed by atoms with Crippen molar-refractivity contribution >= 4 is 32.9 Å². The second-order valence-electron chi connectivity index (χ2n) is 5.69. The molecule has 0 saturated carbocycles. The van der Waals surface area contributed by atoms with Crippen molar-refractivity contribution < 1.29 is 4.79 Å². The van der Waals surface area contributed by atoms with Crippen molar-refractivity contribution in [3.8, 4) is 5.69 Å². The van der Waals surface area contributed by atoms with E-state index in [1.165, 1.54) is 0 Å². The van der Waals surface area contributed by atoms with E-state index in [-0.39, 0.29) is 11.5 Å². The number of ketones is 1. The molecule has 0 bridgehead atoms. The Labute approximate surface area is 158 Å². The number of benzene rings is 2. The predicted molar refractivity (Wildman–Crippen MR) is 101 cm³/mol. The molecule has 2 aromatic carbocycles. The molecule has 26 heavy (non-hydrogen) atoms. The molecule has 0 fully saturated rings. The van der Waals surface area contributed by atoms with Crippen LogP contribution in [0.5, 0.6) is 0 Å². The normalized spacial score (nSPS) is 11.0. The molecule has 0 radical (unpaired) electrons. The van der Waals surface area contributed by atoms with Gasteiger partial charge >= 0.3 is 0 Å². The summed E-state index contributed by atoms with van der Waals surface area (Å²) in [6.07, 6.45) is 0.608. The van der Waals surface area contributed by atoms with Crippen LogP contribution in [0, 0.1) is 0 Å². The molecule has 0 saturated heterocycles. The second-order valence-corrected chi connectivity index (χ2v) is 6.60. The van der Waals surface area contributed by atoms with E-state index < -0.39 is 0 Å². The molecule has 0 aliphatic carbocycles. The van der Waals surface area contributed by atoms with Gasteiger partial charge in [0, 0.05) is 16.5 Å². The summed E-state index contributed by atoms with van der Waals surface area (Å²) in [4.78, 5) is 22.0. The maximum Gasteiger partial charge on any atom is 0.213 e. The fourth-order valence-corrected chi connectivity index (χ4v) is 2.92. The number of para-hydroxylation sites is 1. The maximum atomic E-state index is 13.0. The van der Waals surface area contributed by atoms with E-state index in [4.69, 9.17) is 0 Å². The van der Waals surface area contributed by atoms with E-state index in [9.17, 15) is 4.79 Å². The third-order valence-electron chi connectivity index (χ3n) is 3.99. The number of aryl methyl sites for hydroxylation is 1. The van der Waals surface area contributed by atoms with Gasteiger partial charge in [-0.25, -0.2) is 9.97 Å². The monoisotopic (exact) mass is 407 g/mol. The lowest BCUT2D eigenvalue weighted by Gasteiger charge is -2.05. The molecule has 0 unspecified atom stereocenters. The van der Waals surface area contributed by atoms with Gasteiger partial charge in [-0.2, -0.15) is 4.68 Å². The van der Waals surface area contributed by atoms with Crippen LogP contribution in [0.3, 0.4) is 0 Å². The van der Waals surface area contributed by atoms with Gasteiger partial charge in [0.15, 0.2) is 11.2 Å². The summed E-state index contributed by atoms with van der Waals surface area (Å²) >= 11 is 3.38. The Morgan fingerprint density at radius 1 is 1.04 bits per heavy atom. The fourth-order valence-electron chi connectivity index (χ4n) is 2.66. The van der Waals surface area contributed by atoms with E-state index in [0.717, 1.165) is 10.2 Å². The Morgan fingerprint density at radius 2 is 1.77 bits per heavy atom. The van der Waals surface area contributed by atoms with Gasteiger partial charge in [0.25, 0.3) is 0 Å². The number of rotatable bonds is 4. The summed E-state index contributed by atoms with van der Waals surface area (Å²) in [5.74, 6) is 0.386. The van der Waals surface area contributed by atoms with Gasteiger partial charge < -0.3 is 0 Å². The van der Waals surface area contributed by atoms with Crippen molar-refractivity contribution in [2.75, 3.05) is 0 Å². The molecule has 4 rings (SSSR count). The van der Waals surface area contributed by atoms with Crippen molar-refractivity contribution in [2.45, 2.75) is 13.3 Å². The largest absolute Gasteiger partial charge is 0.287 e. The van der Waals surface area contributed by atoms with Crippen molar-refractivity contribution in [1.29, 1.82) is 0 Å². The minimum Gasteiger partial charge on any atom is -0.287 e. The van der Waals surface area contributed by atoms with Crippen LogP contribution in [-0.2, 0) is 6.42 Å². The highest BCUT2D eigenvalue weighted by Crippen LogP contribution is 2.21. The van der Waals surface area contributed by atoms with E-state index in [1.807, 2.05) is 49.4 Å². The number of nitrogens with zero attached hydrogens (tertiary/aromatic N) is 5. The molecule has 0 aliphatic heterocycles. The number of carbonyl (C=O) groups excluding carboxylic acids is 1. The van der Waals surface area contributed by atoms with Gasteiger partial charge in [-0.3, -0.25) is 4.79 Å². The first-order valence-corrected chi connectivity index (χ1v) is 8.94. The lowest BCUT2D eigenvalue weighted by molar-refractivity contribution is 0.103. The Hall–Kier alpha value is -2.93. The zero-order chi connectivity index (χ0) is 18.1. The van der Waals surface area contributed by atoms with Crippen molar-refractivity contribution in [2.24, 2.45) is 0 Å². The standard InChI is InChI=1S/C19H14BrN5O/c1-2-15-21-16(18(26)12-8-10-13(20)11-9-12)17-19(22-15)25(24-23-17)14-6-4-3-5-7-14/h3-11H,2H2,1H3. The van der Waals surface area contributed by atoms with E-state index >= 15 is 0 Å². The highest BCUT2D eigenvalue weighted by atomic mass is 79.9. The topological polar surface area (TPSA) is 73.6 Å². The second kappa shape index (κ2) is 6.76. The van der Waals surface area contributed by atoms with E-state index in [0.29, 0.717) is 29.0 Å². The van der Waals surface area contributed by atoms with Crippen LogP contribution in [0.25, 0.3) is 16.9 Å². The first kappa shape index (κ1) is 16.5. The number of hydrogen-bond donors (Lipinski definition) is 0. The number of hydrogen-bond acceptors (Lipinski definition) is 5. The molecule has 0 aliphatic rings. The molecule has 7 heteroatoms. The maximum absolute atomic E-state index is 13.0. The molecule has 128 valence electrons. The quantitative estimate of drug-likeness (QED) is 0.481. The molecular formula is C19H14BrN5O.